The van der Waals surface area contributed by atoms with Crippen LogP contribution in [-0.4, -0.2) is 29.6 Å². The fourth-order valence-corrected chi connectivity index (χ4v) is 3.41. The van der Waals surface area contributed by atoms with E-state index in [2.05, 4.69) is 50.8 Å². The molecule has 1 aromatic rings. The third-order valence-electron chi connectivity index (χ3n) is 4.33. The summed E-state index contributed by atoms with van der Waals surface area (Å²) >= 11 is 0. The minimum atomic E-state index is -0.335. The lowest BCUT2D eigenvalue weighted by molar-refractivity contribution is 0.0899. The third kappa shape index (κ3) is 4.32. The molecule has 1 aliphatic heterocycles. The van der Waals surface area contributed by atoms with E-state index in [0.717, 1.165) is 25.1 Å². The van der Waals surface area contributed by atoms with Gasteiger partial charge in [-0.2, -0.15) is 0 Å². The molecule has 112 valence electrons. The molecule has 1 N–H and O–H groups in total. The van der Waals surface area contributed by atoms with Gasteiger partial charge in [0, 0.05) is 13.1 Å². The summed E-state index contributed by atoms with van der Waals surface area (Å²) in [6, 6.07) is 6.37. The van der Waals surface area contributed by atoms with Crippen LogP contribution in [0.5, 0.6) is 0 Å². The van der Waals surface area contributed by atoms with E-state index in [1.807, 2.05) is 0 Å². The molecule has 1 fully saturated rings. The van der Waals surface area contributed by atoms with Gasteiger partial charge in [0.15, 0.2) is 0 Å². The van der Waals surface area contributed by atoms with E-state index in [-0.39, 0.29) is 6.10 Å². The van der Waals surface area contributed by atoms with Crippen molar-refractivity contribution in [2.24, 2.45) is 5.41 Å². The molecule has 0 aliphatic carbocycles. The molecule has 20 heavy (non-hydrogen) atoms. The largest absolute Gasteiger partial charge is 0.388 e. The van der Waals surface area contributed by atoms with Gasteiger partial charge in [-0.05, 0) is 50.6 Å². The second-order valence-electron chi connectivity index (χ2n) is 7.27. The van der Waals surface area contributed by atoms with Crippen LogP contribution in [-0.2, 0) is 0 Å². The summed E-state index contributed by atoms with van der Waals surface area (Å²) < 4.78 is 0. The van der Waals surface area contributed by atoms with Crippen molar-refractivity contribution < 1.29 is 5.11 Å². The van der Waals surface area contributed by atoms with Crippen LogP contribution >= 0.6 is 0 Å². The van der Waals surface area contributed by atoms with Crippen molar-refractivity contribution in [3.63, 3.8) is 0 Å². The predicted molar refractivity (Wildman–Crippen MR) is 84.9 cm³/mol. The number of hydrogen-bond donors (Lipinski definition) is 1. The van der Waals surface area contributed by atoms with Gasteiger partial charge in [-0.3, -0.25) is 0 Å². The number of likely N-dealkylation sites (tertiary alicyclic amines) is 1. The van der Waals surface area contributed by atoms with Gasteiger partial charge in [0.25, 0.3) is 0 Å². The Bertz CT molecular complexity index is 432. The first-order chi connectivity index (χ1) is 9.35. The standard InChI is InChI=1S/C18H29NO/c1-14-10-15(2)12-16(11-14)17(20)6-9-19-8-5-7-18(3,4)13-19/h10-12,17,20H,5-9,13H2,1-4H3. The Morgan fingerprint density at radius 1 is 1.20 bits per heavy atom. The molecule has 0 aromatic heterocycles. The van der Waals surface area contributed by atoms with E-state index in [9.17, 15) is 5.11 Å². The van der Waals surface area contributed by atoms with E-state index < -0.39 is 0 Å². The Morgan fingerprint density at radius 3 is 2.45 bits per heavy atom. The SMILES string of the molecule is Cc1cc(C)cc(C(O)CCN2CCCC(C)(C)C2)c1. The van der Waals surface area contributed by atoms with Crippen LogP contribution in [0.15, 0.2) is 18.2 Å². The lowest BCUT2D eigenvalue weighted by atomic mass is 9.84. The number of piperidine rings is 1. The zero-order valence-electron chi connectivity index (χ0n) is 13.4. The second-order valence-corrected chi connectivity index (χ2v) is 7.27. The van der Waals surface area contributed by atoms with Crippen LogP contribution in [0.25, 0.3) is 0 Å². The zero-order chi connectivity index (χ0) is 14.8. The highest BCUT2D eigenvalue weighted by Crippen LogP contribution is 2.29. The van der Waals surface area contributed by atoms with Crippen LogP contribution in [0.2, 0.25) is 0 Å². The first kappa shape index (κ1) is 15.5. The van der Waals surface area contributed by atoms with Gasteiger partial charge >= 0.3 is 0 Å². The van der Waals surface area contributed by atoms with Crippen molar-refractivity contribution in [3.05, 3.63) is 34.9 Å². The van der Waals surface area contributed by atoms with Crippen molar-refractivity contribution in [2.45, 2.75) is 53.1 Å². The number of aryl methyl sites for hydroxylation is 2. The molecule has 0 amide bonds. The first-order valence-corrected chi connectivity index (χ1v) is 7.84. The fraction of sp³-hybridized carbons (Fsp3) is 0.667. The lowest BCUT2D eigenvalue weighted by Gasteiger charge is -2.38. The molecule has 1 saturated heterocycles. The average Bonchev–Trinajstić information content (AvgIpc) is 2.33. The maximum absolute atomic E-state index is 10.4. The summed E-state index contributed by atoms with van der Waals surface area (Å²) in [4.78, 5) is 2.51. The molecule has 1 aliphatic rings. The molecule has 2 rings (SSSR count). The minimum Gasteiger partial charge on any atom is -0.388 e. The van der Waals surface area contributed by atoms with Crippen molar-refractivity contribution in [3.8, 4) is 0 Å². The van der Waals surface area contributed by atoms with Gasteiger partial charge in [-0.25, -0.2) is 0 Å². The summed E-state index contributed by atoms with van der Waals surface area (Å²) in [7, 11) is 0. The topological polar surface area (TPSA) is 23.5 Å². The molecular weight excluding hydrogens is 246 g/mol. The maximum atomic E-state index is 10.4. The van der Waals surface area contributed by atoms with Crippen molar-refractivity contribution in [2.75, 3.05) is 19.6 Å². The Kier molecular flexibility index (Phi) is 4.87. The van der Waals surface area contributed by atoms with Crippen LogP contribution in [0, 0.1) is 19.3 Å². The van der Waals surface area contributed by atoms with Crippen LogP contribution in [0.1, 0.15) is 55.9 Å². The van der Waals surface area contributed by atoms with E-state index in [1.165, 1.54) is 30.5 Å². The number of rotatable bonds is 4. The Hall–Kier alpha value is -0.860. The molecule has 0 bridgehead atoms. The van der Waals surface area contributed by atoms with E-state index in [1.54, 1.807) is 0 Å². The highest BCUT2D eigenvalue weighted by Gasteiger charge is 2.26. The summed E-state index contributed by atoms with van der Waals surface area (Å²) in [5, 5.41) is 10.4. The maximum Gasteiger partial charge on any atom is 0.0802 e. The number of benzene rings is 1. The first-order valence-electron chi connectivity index (χ1n) is 7.84. The second kappa shape index (κ2) is 6.28. The van der Waals surface area contributed by atoms with Crippen LogP contribution in [0.3, 0.4) is 0 Å². The fourth-order valence-electron chi connectivity index (χ4n) is 3.41. The molecule has 1 unspecified atom stereocenters. The Morgan fingerprint density at radius 2 is 1.85 bits per heavy atom. The molecule has 0 spiro atoms. The number of aliphatic hydroxyl groups excluding tert-OH is 1. The molecule has 2 nitrogen and oxygen atoms in total. The monoisotopic (exact) mass is 275 g/mol. The lowest BCUT2D eigenvalue weighted by Crippen LogP contribution is -2.40. The van der Waals surface area contributed by atoms with Gasteiger partial charge in [0.05, 0.1) is 6.10 Å². The number of aliphatic hydroxyl groups is 1. The minimum absolute atomic E-state index is 0.335. The molecule has 0 saturated carbocycles. The van der Waals surface area contributed by atoms with E-state index in [4.69, 9.17) is 0 Å². The van der Waals surface area contributed by atoms with E-state index >= 15 is 0 Å². The van der Waals surface area contributed by atoms with Crippen LogP contribution < -0.4 is 0 Å². The summed E-state index contributed by atoms with van der Waals surface area (Å²) in [6.45, 7) is 12.2. The predicted octanol–water partition coefficient (Wildman–Crippen LogP) is 3.85. The van der Waals surface area contributed by atoms with Gasteiger partial charge < -0.3 is 10.0 Å². The normalized spacial score (nSPS) is 20.9. The van der Waals surface area contributed by atoms with Crippen molar-refractivity contribution in [1.29, 1.82) is 0 Å². The zero-order valence-corrected chi connectivity index (χ0v) is 13.4. The molecule has 2 heteroatoms. The number of hydrogen-bond acceptors (Lipinski definition) is 2. The molecule has 1 atom stereocenters. The molecular formula is C18H29NO. The Labute approximate surface area is 123 Å². The molecule has 1 aromatic carbocycles. The number of nitrogens with zero attached hydrogens (tertiary/aromatic N) is 1. The van der Waals surface area contributed by atoms with E-state index in [0.29, 0.717) is 5.41 Å². The smallest absolute Gasteiger partial charge is 0.0802 e. The molecule has 0 radical (unpaired) electrons. The highest BCUT2D eigenvalue weighted by molar-refractivity contribution is 5.29. The molecule has 1 heterocycles. The van der Waals surface area contributed by atoms with Gasteiger partial charge in [-0.15, -0.1) is 0 Å². The third-order valence-corrected chi connectivity index (χ3v) is 4.33. The van der Waals surface area contributed by atoms with Gasteiger partial charge in [0.1, 0.15) is 0 Å². The quantitative estimate of drug-likeness (QED) is 0.902. The summed E-state index contributed by atoms with van der Waals surface area (Å²) in [6.07, 6.45) is 3.10. The average molecular weight is 275 g/mol. The van der Waals surface area contributed by atoms with Crippen molar-refractivity contribution in [1.82, 2.24) is 4.90 Å². The van der Waals surface area contributed by atoms with Crippen molar-refractivity contribution >= 4 is 0 Å². The highest BCUT2D eigenvalue weighted by atomic mass is 16.3. The van der Waals surface area contributed by atoms with Gasteiger partial charge in [-0.1, -0.05) is 43.2 Å². The van der Waals surface area contributed by atoms with Gasteiger partial charge in [0.2, 0.25) is 0 Å². The summed E-state index contributed by atoms with van der Waals surface area (Å²) in [5.41, 5.74) is 3.97. The Balaban J connectivity index is 1.90. The van der Waals surface area contributed by atoms with Crippen LogP contribution in [0.4, 0.5) is 0 Å². The summed E-state index contributed by atoms with van der Waals surface area (Å²) in [5.74, 6) is 0.